The maximum Gasteiger partial charge on any atom is 0.317 e. The summed E-state index contributed by atoms with van der Waals surface area (Å²) in [6.45, 7) is 3.50. The number of imide groups is 2. The molecule has 368 valence electrons. The summed E-state index contributed by atoms with van der Waals surface area (Å²) < 4.78 is 38.0. The van der Waals surface area contributed by atoms with Gasteiger partial charge in [0.1, 0.15) is 6.04 Å². The van der Waals surface area contributed by atoms with Crippen molar-refractivity contribution in [1.82, 2.24) is 35.5 Å². The Morgan fingerprint density at radius 3 is 2.46 bits per heavy atom. The van der Waals surface area contributed by atoms with Crippen LogP contribution in [-0.2, 0) is 38.5 Å². The van der Waals surface area contributed by atoms with Gasteiger partial charge in [-0.3, -0.25) is 43.9 Å². The maximum absolute atomic E-state index is 15.1. The van der Waals surface area contributed by atoms with E-state index in [0.717, 1.165) is 97.2 Å². The highest BCUT2D eigenvalue weighted by molar-refractivity contribution is 6.23. The molecule has 1 aliphatic carbocycles. The smallest absolute Gasteiger partial charge is 0.317 e. The van der Waals surface area contributed by atoms with Gasteiger partial charge in [-0.05, 0) is 104 Å². The molecule has 0 spiro atoms. The van der Waals surface area contributed by atoms with E-state index in [-0.39, 0.29) is 59.9 Å². The minimum atomic E-state index is -2.75. The number of amides is 7. The molecule has 2 fully saturated rings. The lowest BCUT2D eigenvalue weighted by molar-refractivity contribution is -0.136. The topological polar surface area (TPSA) is 196 Å². The number of piperidine rings is 1. The van der Waals surface area contributed by atoms with Gasteiger partial charge in [-0.15, -0.1) is 0 Å². The van der Waals surface area contributed by atoms with Crippen LogP contribution >= 0.6 is 0 Å². The number of rotatable bonds is 18. The number of nitrogens with one attached hydrogen (secondary N) is 4. The van der Waals surface area contributed by atoms with Crippen LogP contribution in [0.5, 0.6) is 0 Å². The van der Waals surface area contributed by atoms with E-state index < -0.39 is 36.1 Å². The quantitative estimate of drug-likeness (QED) is 0.0604. The number of unbranched alkanes of at least 4 members (excludes halogenated alkanes) is 4. The zero-order chi connectivity index (χ0) is 48.6. The van der Waals surface area contributed by atoms with Gasteiger partial charge in [0, 0.05) is 101 Å². The van der Waals surface area contributed by atoms with Crippen molar-refractivity contribution in [2.45, 2.75) is 127 Å². The maximum atomic E-state index is 15.1. The van der Waals surface area contributed by atoms with Crippen molar-refractivity contribution in [2.75, 3.05) is 52.3 Å². The molecule has 4 N–H and O–H groups in total. The van der Waals surface area contributed by atoms with Crippen LogP contribution in [0.2, 0.25) is 0 Å². The SMILES string of the molecule is C/N=C\C(=C/CCC(=O)NCCCCCCCNc1ccc2c(c1)C(=O)N(C1CCC(=O)NC1=O)C2=O)c1cc2c(cc1C(F)F)C(c1nn(C3CCOCC3)c3c1CN(C(=O)NC)CC3)CCC2. The zero-order valence-corrected chi connectivity index (χ0v) is 39.5. The highest BCUT2D eigenvalue weighted by Crippen LogP contribution is 2.44. The average molecular weight is 952 g/mol. The van der Waals surface area contributed by atoms with E-state index in [1.807, 2.05) is 12.1 Å². The molecule has 3 aromatic rings. The Morgan fingerprint density at radius 2 is 1.71 bits per heavy atom. The number of aliphatic imine (C=N–C) groups is 1. The van der Waals surface area contributed by atoms with Crippen LogP contribution in [0, 0.1) is 0 Å². The average Bonchev–Trinajstić information content (AvgIpc) is 3.85. The van der Waals surface area contributed by atoms with Gasteiger partial charge in [-0.25, -0.2) is 13.6 Å². The second-order valence-corrected chi connectivity index (χ2v) is 18.5. The number of nitrogens with zero attached hydrogens (tertiary/aromatic N) is 5. The number of ether oxygens (including phenoxy) is 1. The molecule has 0 saturated carbocycles. The summed E-state index contributed by atoms with van der Waals surface area (Å²) in [5.74, 6) is -2.44. The molecule has 18 heteroatoms. The lowest BCUT2D eigenvalue weighted by Crippen LogP contribution is -2.54. The molecule has 2 aromatic carbocycles. The molecule has 7 amide bonds. The Balaban J connectivity index is 0.815. The monoisotopic (exact) mass is 951 g/mol. The lowest BCUT2D eigenvalue weighted by Gasteiger charge is -2.31. The van der Waals surface area contributed by atoms with E-state index in [9.17, 15) is 28.8 Å². The molecule has 1 aromatic heterocycles. The van der Waals surface area contributed by atoms with Crippen molar-refractivity contribution >= 4 is 53.0 Å². The number of aryl methyl sites for hydroxylation is 1. The summed E-state index contributed by atoms with van der Waals surface area (Å²) >= 11 is 0. The van der Waals surface area contributed by atoms with E-state index in [4.69, 9.17) is 9.84 Å². The molecule has 2 saturated heterocycles. The van der Waals surface area contributed by atoms with Crippen LogP contribution in [-0.4, -0.2) is 114 Å². The van der Waals surface area contributed by atoms with Crippen LogP contribution in [0.4, 0.5) is 19.3 Å². The Kier molecular flexibility index (Phi) is 16.0. The van der Waals surface area contributed by atoms with Gasteiger partial charge in [-0.1, -0.05) is 31.4 Å². The summed E-state index contributed by atoms with van der Waals surface area (Å²) in [7, 11) is 3.23. The third-order valence-electron chi connectivity index (χ3n) is 14.1. The summed E-state index contributed by atoms with van der Waals surface area (Å²) in [6, 6.07) is 7.55. The Bertz CT molecular complexity index is 2520. The molecule has 2 atom stereocenters. The van der Waals surface area contributed by atoms with E-state index in [1.165, 1.54) is 0 Å². The van der Waals surface area contributed by atoms with Crippen LogP contribution in [0.3, 0.4) is 0 Å². The number of urea groups is 1. The summed E-state index contributed by atoms with van der Waals surface area (Å²) in [5, 5.41) is 16.5. The van der Waals surface area contributed by atoms with Crippen molar-refractivity contribution < 1.29 is 42.3 Å². The van der Waals surface area contributed by atoms with Gasteiger partial charge < -0.3 is 25.6 Å². The first-order valence-corrected chi connectivity index (χ1v) is 24.6. The number of anilines is 1. The largest absolute Gasteiger partial charge is 0.385 e. The van der Waals surface area contributed by atoms with Gasteiger partial charge in [-0.2, -0.15) is 5.10 Å². The van der Waals surface area contributed by atoms with Crippen molar-refractivity contribution in [3.63, 3.8) is 0 Å². The minimum Gasteiger partial charge on any atom is -0.385 e. The predicted octanol–water partition coefficient (Wildman–Crippen LogP) is 6.78. The first-order valence-electron chi connectivity index (χ1n) is 24.6. The highest BCUT2D eigenvalue weighted by Gasteiger charge is 2.45. The van der Waals surface area contributed by atoms with Gasteiger partial charge in [0.15, 0.2) is 0 Å². The summed E-state index contributed by atoms with van der Waals surface area (Å²) in [5.41, 5.74) is 6.95. The second-order valence-electron chi connectivity index (χ2n) is 18.5. The van der Waals surface area contributed by atoms with Crippen LogP contribution < -0.4 is 21.3 Å². The number of hydrogen-bond acceptors (Lipinski definition) is 10. The molecule has 69 heavy (non-hydrogen) atoms. The minimum absolute atomic E-state index is 0.0635. The van der Waals surface area contributed by atoms with E-state index >= 15 is 8.78 Å². The van der Waals surface area contributed by atoms with Gasteiger partial charge in [0.25, 0.3) is 18.2 Å². The molecule has 0 radical (unpaired) electrons. The summed E-state index contributed by atoms with van der Waals surface area (Å²) in [4.78, 5) is 82.6. The molecule has 5 aliphatic rings. The van der Waals surface area contributed by atoms with Crippen molar-refractivity contribution in [2.24, 2.45) is 4.99 Å². The number of hydrogen-bond donors (Lipinski definition) is 4. The van der Waals surface area contributed by atoms with Crippen molar-refractivity contribution in [1.29, 1.82) is 0 Å². The fraction of sp³-hybridized carbons (Fsp3) is 0.529. The second kappa shape index (κ2) is 22.4. The number of fused-ring (bicyclic) bond motifs is 3. The fourth-order valence-corrected chi connectivity index (χ4v) is 10.5. The molecular weight excluding hydrogens is 889 g/mol. The molecule has 8 rings (SSSR count). The van der Waals surface area contributed by atoms with E-state index in [2.05, 4.69) is 30.9 Å². The first kappa shape index (κ1) is 49.1. The lowest BCUT2D eigenvalue weighted by atomic mass is 9.77. The number of aromatic nitrogens is 2. The molecule has 5 heterocycles. The Labute approximate surface area is 401 Å². The fourth-order valence-electron chi connectivity index (χ4n) is 10.5. The molecule has 4 aliphatic heterocycles. The predicted molar refractivity (Wildman–Crippen MR) is 255 cm³/mol. The number of carbonyl (C=O) groups is 6. The van der Waals surface area contributed by atoms with Crippen molar-refractivity contribution in [3.05, 3.63) is 86.7 Å². The molecule has 0 bridgehead atoms. The number of carbonyl (C=O) groups excluding carboxylic acids is 6. The van der Waals surface area contributed by atoms with E-state index in [1.54, 1.807) is 49.5 Å². The van der Waals surface area contributed by atoms with Gasteiger partial charge >= 0.3 is 6.03 Å². The number of alkyl halides is 2. The number of benzene rings is 2. The standard InChI is InChI=1S/C51H63F2N9O7/c1-54-29-32(11-9-13-44(63)57-22-7-5-3-4-6-21-56-33-14-15-36-40(27-33)50(67)61(49(36)66)43-16-17-45(64)58-48(43)65)37-26-31-10-8-12-35(38(31)28-39(37)47(52)53)46-41-30-60(51(68)55-2)23-18-42(41)62(59-46)34-19-24-69-25-20-34/h11,14-15,26-29,34-35,43,47,56H,3-10,12-13,16-25,30H2,1-2H3,(H,55,68)(H,57,63)(H,58,64,65)/b32-11+,54-29-. The van der Waals surface area contributed by atoms with Gasteiger partial charge in [0.05, 0.1) is 29.4 Å². The summed E-state index contributed by atoms with van der Waals surface area (Å²) in [6.07, 6.45) is 10.7. The number of halogens is 2. The highest BCUT2D eigenvalue weighted by atomic mass is 19.3. The third kappa shape index (κ3) is 11.0. The number of allylic oxidation sites excluding steroid dienone is 2. The Hall–Kier alpha value is -6.30. The Morgan fingerprint density at radius 1 is 0.942 bits per heavy atom. The van der Waals surface area contributed by atoms with E-state index in [0.29, 0.717) is 69.1 Å². The van der Waals surface area contributed by atoms with Crippen LogP contribution in [0.25, 0.3) is 5.57 Å². The van der Waals surface area contributed by atoms with Gasteiger partial charge in [0.2, 0.25) is 17.7 Å². The van der Waals surface area contributed by atoms with Crippen molar-refractivity contribution in [3.8, 4) is 0 Å². The molecule has 2 unspecified atom stereocenters. The molecule has 16 nitrogen and oxygen atoms in total. The zero-order valence-electron chi connectivity index (χ0n) is 39.5. The third-order valence-corrected chi connectivity index (χ3v) is 14.1. The normalized spacial score (nSPS) is 19.8. The van der Waals surface area contributed by atoms with Crippen LogP contribution in [0.15, 0.2) is 41.4 Å². The molecular formula is C51H63F2N9O7. The van der Waals surface area contributed by atoms with Crippen LogP contribution in [0.1, 0.15) is 162 Å². The first-order chi connectivity index (χ1) is 33.5.